The van der Waals surface area contributed by atoms with Crippen LogP contribution in [-0.4, -0.2) is 55.7 Å². The highest BCUT2D eigenvalue weighted by atomic mass is 32.2. The van der Waals surface area contributed by atoms with Gasteiger partial charge in [-0.05, 0) is 13.3 Å². The van der Waals surface area contributed by atoms with Crippen molar-refractivity contribution in [3.05, 3.63) is 0 Å². The Labute approximate surface area is 122 Å². The van der Waals surface area contributed by atoms with Gasteiger partial charge in [-0.2, -0.15) is 0 Å². The monoisotopic (exact) mass is 306 g/mol. The maximum atomic E-state index is 11.4. The van der Waals surface area contributed by atoms with E-state index in [-0.39, 0.29) is 30.7 Å². The molecular weight excluding hydrogens is 284 g/mol. The Kier molecular flexibility index (Phi) is 10.8. The minimum atomic E-state index is -0.716. The molecule has 0 bridgehead atoms. The van der Waals surface area contributed by atoms with Crippen LogP contribution >= 0.6 is 11.8 Å². The highest BCUT2D eigenvalue weighted by molar-refractivity contribution is 8.00. The van der Waals surface area contributed by atoms with E-state index >= 15 is 0 Å². The van der Waals surface area contributed by atoms with Crippen LogP contribution < -0.4 is 11.1 Å². The molecule has 0 saturated heterocycles. The fourth-order valence-electron chi connectivity index (χ4n) is 1.21. The van der Waals surface area contributed by atoms with Gasteiger partial charge in [0.25, 0.3) is 0 Å². The summed E-state index contributed by atoms with van der Waals surface area (Å²) in [7, 11) is 1.32. The standard InChI is InChI=1S/C12H22N2O5S/c1-3-19-12(17)9(13)7-20-8-10(15)14-6-4-5-11(16)18-2/h9H,3-8,13H2,1-2H3,(H,14,15). The molecular formula is C12H22N2O5S. The fraction of sp³-hybridized carbons (Fsp3) is 0.750. The van der Waals surface area contributed by atoms with E-state index in [0.717, 1.165) is 0 Å². The molecule has 0 aromatic rings. The summed E-state index contributed by atoms with van der Waals surface area (Å²) < 4.78 is 9.23. The quantitative estimate of drug-likeness (QED) is 0.420. The molecule has 0 radical (unpaired) electrons. The minimum Gasteiger partial charge on any atom is -0.469 e. The van der Waals surface area contributed by atoms with Crippen molar-refractivity contribution in [1.29, 1.82) is 0 Å². The average Bonchev–Trinajstić information content (AvgIpc) is 2.43. The third-order valence-electron chi connectivity index (χ3n) is 2.23. The zero-order chi connectivity index (χ0) is 15.4. The van der Waals surface area contributed by atoms with E-state index < -0.39 is 12.0 Å². The Bertz CT molecular complexity index is 325. The van der Waals surface area contributed by atoms with Gasteiger partial charge in [-0.1, -0.05) is 0 Å². The first kappa shape index (κ1) is 18.7. The van der Waals surface area contributed by atoms with Crippen molar-refractivity contribution in [2.75, 3.05) is 31.8 Å². The number of nitrogens with one attached hydrogen (secondary N) is 1. The normalized spacial score (nSPS) is 11.6. The number of rotatable bonds is 10. The molecule has 1 unspecified atom stereocenters. The first-order chi connectivity index (χ1) is 9.51. The van der Waals surface area contributed by atoms with Crippen LogP contribution in [0.2, 0.25) is 0 Å². The maximum absolute atomic E-state index is 11.4. The Hall–Kier alpha value is -1.28. The SMILES string of the molecule is CCOC(=O)C(N)CSCC(=O)NCCCC(=O)OC. The highest BCUT2D eigenvalue weighted by Crippen LogP contribution is 2.02. The lowest BCUT2D eigenvalue weighted by atomic mass is 10.3. The Morgan fingerprint density at radius 3 is 2.65 bits per heavy atom. The molecule has 0 spiro atoms. The van der Waals surface area contributed by atoms with Crippen molar-refractivity contribution in [3.63, 3.8) is 0 Å². The number of methoxy groups -OCH3 is 1. The van der Waals surface area contributed by atoms with Gasteiger partial charge in [-0.25, -0.2) is 0 Å². The Balaban J connectivity index is 3.58. The van der Waals surface area contributed by atoms with Crippen molar-refractivity contribution >= 4 is 29.6 Å². The predicted octanol–water partition coefficient (Wildman–Crippen LogP) is -0.321. The molecule has 7 nitrogen and oxygen atoms in total. The zero-order valence-electron chi connectivity index (χ0n) is 11.8. The smallest absolute Gasteiger partial charge is 0.323 e. The minimum absolute atomic E-state index is 0.157. The van der Waals surface area contributed by atoms with Gasteiger partial charge in [0.2, 0.25) is 5.91 Å². The van der Waals surface area contributed by atoms with E-state index in [0.29, 0.717) is 18.7 Å². The van der Waals surface area contributed by atoms with Crippen LogP contribution in [-0.2, 0) is 23.9 Å². The van der Waals surface area contributed by atoms with E-state index in [9.17, 15) is 14.4 Å². The number of carbonyl (C=O) groups is 3. The van der Waals surface area contributed by atoms with E-state index in [4.69, 9.17) is 10.5 Å². The topological polar surface area (TPSA) is 108 Å². The van der Waals surface area contributed by atoms with Crippen LogP contribution in [0.25, 0.3) is 0 Å². The number of ether oxygens (including phenoxy) is 2. The summed E-state index contributed by atoms with van der Waals surface area (Å²) in [6.07, 6.45) is 0.809. The molecule has 1 amide bonds. The van der Waals surface area contributed by atoms with Gasteiger partial charge in [0.15, 0.2) is 0 Å². The van der Waals surface area contributed by atoms with Crippen LogP contribution in [0.15, 0.2) is 0 Å². The molecule has 20 heavy (non-hydrogen) atoms. The molecule has 0 aliphatic heterocycles. The molecule has 0 aromatic carbocycles. The highest BCUT2D eigenvalue weighted by Gasteiger charge is 2.14. The molecule has 1 atom stereocenters. The first-order valence-electron chi connectivity index (χ1n) is 6.34. The second kappa shape index (κ2) is 11.5. The lowest BCUT2D eigenvalue weighted by molar-refractivity contribution is -0.144. The number of hydrogen-bond donors (Lipinski definition) is 2. The van der Waals surface area contributed by atoms with Gasteiger partial charge >= 0.3 is 11.9 Å². The van der Waals surface area contributed by atoms with Crippen LogP contribution in [0.4, 0.5) is 0 Å². The molecule has 3 N–H and O–H groups in total. The van der Waals surface area contributed by atoms with Gasteiger partial charge in [0, 0.05) is 18.7 Å². The van der Waals surface area contributed by atoms with E-state index in [1.54, 1.807) is 6.92 Å². The summed E-state index contributed by atoms with van der Waals surface area (Å²) in [6.45, 7) is 2.41. The molecule has 0 aliphatic carbocycles. The molecule has 0 rings (SSSR count). The largest absolute Gasteiger partial charge is 0.469 e. The van der Waals surface area contributed by atoms with E-state index in [2.05, 4.69) is 10.1 Å². The first-order valence-corrected chi connectivity index (χ1v) is 7.50. The molecule has 0 aliphatic rings. The number of carbonyl (C=O) groups excluding carboxylic acids is 3. The van der Waals surface area contributed by atoms with Gasteiger partial charge in [-0.15, -0.1) is 11.8 Å². The second-order valence-electron chi connectivity index (χ2n) is 3.90. The van der Waals surface area contributed by atoms with Gasteiger partial charge in [0.05, 0.1) is 19.5 Å². The summed E-state index contributed by atoms with van der Waals surface area (Å²) in [4.78, 5) is 33.5. The van der Waals surface area contributed by atoms with Crippen LogP contribution in [0, 0.1) is 0 Å². The molecule has 0 fully saturated rings. The average molecular weight is 306 g/mol. The summed E-state index contributed by atoms with van der Waals surface area (Å²) >= 11 is 1.26. The fourth-order valence-corrected chi connectivity index (χ4v) is 2.00. The van der Waals surface area contributed by atoms with Gasteiger partial charge < -0.3 is 20.5 Å². The van der Waals surface area contributed by atoms with Crippen molar-refractivity contribution < 1.29 is 23.9 Å². The van der Waals surface area contributed by atoms with Crippen LogP contribution in [0.3, 0.4) is 0 Å². The number of hydrogen-bond acceptors (Lipinski definition) is 7. The Morgan fingerprint density at radius 1 is 1.35 bits per heavy atom. The lowest BCUT2D eigenvalue weighted by Crippen LogP contribution is -2.35. The van der Waals surface area contributed by atoms with Gasteiger partial charge in [-0.3, -0.25) is 14.4 Å². The van der Waals surface area contributed by atoms with Crippen molar-refractivity contribution in [3.8, 4) is 0 Å². The van der Waals surface area contributed by atoms with Crippen molar-refractivity contribution in [1.82, 2.24) is 5.32 Å². The lowest BCUT2D eigenvalue weighted by Gasteiger charge is -2.10. The van der Waals surface area contributed by atoms with E-state index in [1.165, 1.54) is 18.9 Å². The molecule has 116 valence electrons. The number of thioether (sulfide) groups is 1. The summed E-state index contributed by atoms with van der Waals surface area (Å²) in [5.74, 6) is -0.372. The Morgan fingerprint density at radius 2 is 2.05 bits per heavy atom. The zero-order valence-corrected chi connectivity index (χ0v) is 12.7. The van der Waals surface area contributed by atoms with Gasteiger partial charge in [0.1, 0.15) is 6.04 Å². The second-order valence-corrected chi connectivity index (χ2v) is 4.93. The number of nitrogens with two attached hydrogens (primary N) is 1. The summed E-state index contributed by atoms with van der Waals surface area (Å²) in [5, 5.41) is 2.67. The van der Waals surface area contributed by atoms with Crippen LogP contribution in [0.5, 0.6) is 0 Å². The third-order valence-corrected chi connectivity index (χ3v) is 3.29. The maximum Gasteiger partial charge on any atom is 0.323 e. The number of amides is 1. The molecule has 8 heteroatoms. The number of esters is 2. The summed E-state index contributed by atoms with van der Waals surface area (Å²) in [6, 6.07) is -0.716. The third kappa shape index (κ3) is 9.62. The predicted molar refractivity (Wildman–Crippen MR) is 76.2 cm³/mol. The molecule has 0 aromatic heterocycles. The van der Waals surface area contributed by atoms with Crippen molar-refractivity contribution in [2.45, 2.75) is 25.8 Å². The molecule has 0 heterocycles. The van der Waals surface area contributed by atoms with Crippen molar-refractivity contribution in [2.24, 2.45) is 5.73 Å². The van der Waals surface area contributed by atoms with E-state index in [1.807, 2.05) is 0 Å². The van der Waals surface area contributed by atoms with Crippen LogP contribution in [0.1, 0.15) is 19.8 Å². The summed E-state index contributed by atoms with van der Waals surface area (Å²) in [5.41, 5.74) is 5.58. The molecule has 0 saturated carbocycles.